The second-order valence-corrected chi connectivity index (χ2v) is 5.45. The topological polar surface area (TPSA) is 71.3 Å². The van der Waals surface area contributed by atoms with Gasteiger partial charge in [0.2, 0.25) is 0 Å². The molecule has 0 atom stereocenters. The number of nitriles is 1. The van der Waals surface area contributed by atoms with Gasteiger partial charge >= 0.3 is 6.09 Å². The molecular formula is C17H15BrN2O3. The largest absolute Gasteiger partial charge is 0.491 e. The predicted molar refractivity (Wildman–Crippen MR) is 89.0 cm³/mol. The highest BCUT2D eigenvalue weighted by molar-refractivity contribution is 9.10. The molecule has 1 amide bonds. The first kappa shape index (κ1) is 16.8. The van der Waals surface area contributed by atoms with Crippen LogP contribution in [0.4, 0.5) is 4.79 Å². The summed E-state index contributed by atoms with van der Waals surface area (Å²) in [6.45, 7) is 0.847. The van der Waals surface area contributed by atoms with E-state index in [1.165, 1.54) is 0 Å². The van der Waals surface area contributed by atoms with Gasteiger partial charge < -0.3 is 14.8 Å². The van der Waals surface area contributed by atoms with Crippen LogP contribution < -0.4 is 10.1 Å². The number of carbonyl (C=O) groups excluding carboxylic acids is 1. The van der Waals surface area contributed by atoms with Crippen LogP contribution in [0.3, 0.4) is 0 Å². The van der Waals surface area contributed by atoms with Gasteiger partial charge in [-0.15, -0.1) is 0 Å². The van der Waals surface area contributed by atoms with E-state index in [1.54, 1.807) is 18.2 Å². The van der Waals surface area contributed by atoms with E-state index in [-0.39, 0.29) is 6.61 Å². The lowest BCUT2D eigenvalue weighted by atomic mass is 10.2. The Morgan fingerprint density at radius 2 is 2.00 bits per heavy atom. The highest BCUT2D eigenvalue weighted by Gasteiger charge is 2.04. The molecule has 0 bridgehead atoms. The smallest absolute Gasteiger partial charge is 0.407 e. The molecule has 2 rings (SSSR count). The minimum atomic E-state index is -0.489. The molecule has 0 saturated heterocycles. The number of carbonyl (C=O) groups is 1. The lowest BCUT2D eigenvalue weighted by Gasteiger charge is -2.10. The molecular weight excluding hydrogens is 360 g/mol. The van der Waals surface area contributed by atoms with Crippen molar-refractivity contribution in [1.82, 2.24) is 5.32 Å². The van der Waals surface area contributed by atoms with Crippen LogP contribution in [0.25, 0.3) is 0 Å². The molecule has 6 heteroatoms. The average molecular weight is 375 g/mol. The number of rotatable bonds is 6. The van der Waals surface area contributed by atoms with E-state index in [0.29, 0.717) is 28.9 Å². The van der Waals surface area contributed by atoms with E-state index >= 15 is 0 Å². The summed E-state index contributed by atoms with van der Waals surface area (Å²) < 4.78 is 11.3. The quantitative estimate of drug-likeness (QED) is 0.783. The molecule has 5 nitrogen and oxygen atoms in total. The average Bonchev–Trinajstić information content (AvgIpc) is 2.58. The van der Waals surface area contributed by atoms with Crippen LogP contribution in [0.5, 0.6) is 5.75 Å². The molecule has 23 heavy (non-hydrogen) atoms. The van der Waals surface area contributed by atoms with Crippen LogP contribution in [-0.2, 0) is 11.3 Å². The first-order valence-corrected chi connectivity index (χ1v) is 7.75. The standard InChI is InChI=1S/C17H15BrN2O3/c18-15-10-14(11-19)6-7-16(15)22-9-8-20-17(21)23-12-13-4-2-1-3-5-13/h1-7,10H,8-9,12H2,(H,20,21). The zero-order chi connectivity index (χ0) is 16.5. The first-order valence-electron chi connectivity index (χ1n) is 6.96. The third-order valence-electron chi connectivity index (χ3n) is 2.90. The minimum absolute atomic E-state index is 0.231. The summed E-state index contributed by atoms with van der Waals surface area (Å²) in [7, 11) is 0. The molecule has 0 aliphatic rings. The minimum Gasteiger partial charge on any atom is -0.491 e. The highest BCUT2D eigenvalue weighted by Crippen LogP contribution is 2.25. The molecule has 0 fully saturated rings. The second kappa shape index (κ2) is 8.81. The monoisotopic (exact) mass is 374 g/mol. The number of ether oxygens (including phenoxy) is 2. The van der Waals surface area contributed by atoms with Crippen molar-refractivity contribution in [3.63, 3.8) is 0 Å². The van der Waals surface area contributed by atoms with Crippen molar-refractivity contribution in [3.05, 3.63) is 64.1 Å². The summed E-state index contributed by atoms with van der Waals surface area (Å²) in [5.41, 5.74) is 1.48. The molecule has 0 radical (unpaired) electrons. The fourth-order valence-corrected chi connectivity index (χ4v) is 2.27. The summed E-state index contributed by atoms with van der Waals surface area (Å²) in [6, 6.07) is 16.6. The molecule has 0 aliphatic carbocycles. The second-order valence-electron chi connectivity index (χ2n) is 4.59. The summed E-state index contributed by atoms with van der Waals surface area (Å²) in [5, 5.41) is 11.4. The molecule has 2 aromatic carbocycles. The highest BCUT2D eigenvalue weighted by atomic mass is 79.9. The normalized spacial score (nSPS) is 9.74. The Morgan fingerprint density at radius 3 is 2.70 bits per heavy atom. The number of hydrogen-bond acceptors (Lipinski definition) is 4. The Hall–Kier alpha value is -2.52. The number of benzene rings is 2. The van der Waals surface area contributed by atoms with E-state index in [9.17, 15) is 4.79 Å². The van der Waals surface area contributed by atoms with Gasteiger partial charge in [0.25, 0.3) is 0 Å². The van der Waals surface area contributed by atoms with Gasteiger partial charge in [0.15, 0.2) is 0 Å². The fraction of sp³-hybridized carbons (Fsp3) is 0.176. The molecule has 0 aromatic heterocycles. The van der Waals surface area contributed by atoms with Crippen molar-refractivity contribution in [2.75, 3.05) is 13.2 Å². The summed E-state index contributed by atoms with van der Waals surface area (Å²) in [5.74, 6) is 0.614. The van der Waals surface area contributed by atoms with Crippen molar-refractivity contribution < 1.29 is 14.3 Å². The summed E-state index contributed by atoms with van der Waals surface area (Å²) in [4.78, 5) is 11.5. The Kier molecular flexibility index (Phi) is 6.45. The molecule has 2 aromatic rings. The van der Waals surface area contributed by atoms with E-state index in [2.05, 4.69) is 21.2 Å². The Bertz CT molecular complexity index is 699. The van der Waals surface area contributed by atoms with Gasteiger partial charge in [-0.1, -0.05) is 30.3 Å². The zero-order valence-electron chi connectivity index (χ0n) is 12.3. The third-order valence-corrected chi connectivity index (χ3v) is 3.52. The molecule has 0 heterocycles. The van der Waals surface area contributed by atoms with E-state index in [0.717, 1.165) is 5.56 Å². The number of nitrogens with zero attached hydrogens (tertiary/aromatic N) is 1. The van der Waals surface area contributed by atoms with Crippen molar-refractivity contribution >= 4 is 22.0 Å². The van der Waals surface area contributed by atoms with Gasteiger partial charge in [-0.2, -0.15) is 5.26 Å². The van der Waals surface area contributed by atoms with Crippen LogP contribution >= 0.6 is 15.9 Å². The number of amides is 1. The molecule has 0 spiro atoms. The van der Waals surface area contributed by atoms with Crippen LogP contribution in [0.1, 0.15) is 11.1 Å². The molecule has 1 N–H and O–H groups in total. The third kappa shape index (κ3) is 5.64. The van der Waals surface area contributed by atoms with E-state index < -0.39 is 6.09 Å². The lowest BCUT2D eigenvalue weighted by molar-refractivity contribution is 0.137. The van der Waals surface area contributed by atoms with Crippen LogP contribution in [0.2, 0.25) is 0 Å². The van der Waals surface area contributed by atoms with Gasteiger partial charge in [-0.05, 0) is 39.7 Å². The van der Waals surface area contributed by atoms with Crippen molar-refractivity contribution in [2.45, 2.75) is 6.61 Å². The predicted octanol–water partition coefficient (Wildman–Crippen LogP) is 3.63. The maximum Gasteiger partial charge on any atom is 0.407 e. The molecule has 0 unspecified atom stereocenters. The van der Waals surface area contributed by atoms with E-state index in [1.807, 2.05) is 36.4 Å². The van der Waals surface area contributed by atoms with Crippen LogP contribution in [0, 0.1) is 11.3 Å². The van der Waals surface area contributed by atoms with Gasteiger partial charge in [0, 0.05) is 0 Å². The first-order chi connectivity index (χ1) is 11.2. The van der Waals surface area contributed by atoms with Crippen molar-refractivity contribution in [1.29, 1.82) is 5.26 Å². The number of halogens is 1. The fourth-order valence-electron chi connectivity index (χ4n) is 1.78. The number of nitrogens with one attached hydrogen (secondary N) is 1. The lowest BCUT2D eigenvalue weighted by Crippen LogP contribution is -2.28. The van der Waals surface area contributed by atoms with Crippen molar-refractivity contribution in [3.8, 4) is 11.8 Å². The molecule has 0 aliphatic heterocycles. The van der Waals surface area contributed by atoms with Gasteiger partial charge in [0.05, 0.1) is 22.7 Å². The molecule has 118 valence electrons. The summed E-state index contributed by atoms with van der Waals surface area (Å²) >= 11 is 3.33. The maximum absolute atomic E-state index is 11.5. The van der Waals surface area contributed by atoms with Gasteiger partial charge in [-0.25, -0.2) is 4.79 Å². The number of alkyl carbamates (subject to hydrolysis) is 1. The SMILES string of the molecule is N#Cc1ccc(OCCNC(=O)OCc2ccccc2)c(Br)c1. The van der Waals surface area contributed by atoms with E-state index in [4.69, 9.17) is 14.7 Å². The van der Waals surface area contributed by atoms with Gasteiger partial charge in [0.1, 0.15) is 19.0 Å². The van der Waals surface area contributed by atoms with Crippen molar-refractivity contribution in [2.24, 2.45) is 0 Å². The van der Waals surface area contributed by atoms with Crippen LogP contribution in [-0.4, -0.2) is 19.2 Å². The summed E-state index contributed by atoms with van der Waals surface area (Å²) in [6.07, 6.45) is -0.489. The Morgan fingerprint density at radius 1 is 1.22 bits per heavy atom. The zero-order valence-corrected chi connectivity index (χ0v) is 13.9. The Labute approximate surface area is 143 Å². The van der Waals surface area contributed by atoms with Crippen LogP contribution in [0.15, 0.2) is 53.0 Å². The molecule has 0 saturated carbocycles. The number of hydrogen-bond donors (Lipinski definition) is 1. The Balaban J connectivity index is 1.67. The van der Waals surface area contributed by atoms with Gasteiger partial charge in [-0.3, -0.25) is 0 Å². The maximum atomic E-state index is 11.5.